The Morgan fingerprint density at radius 1 is 0.324 bits per heavy atom. The molecule has 0 N–H and O–H groups in total. The Morgan fingerprint density at radius 3 is 0.919 bits per heavy atom. The van der Waals surface area contributed by atoms with Crippen LogP contribution in [0.15, 0.2) is 17.3 Å². The van der Waals surface area contributed by atoms with Crippen molar-refractivity contribution in [3.8, 4) is 0 Å². The SMILES string of the molecule is CCCCCCCCCCCCCCCCC=CN=CCCCCCCCCCCCCCCCCC. The van der Waals surface area contributed by atoms with Gasteiger partial charge in [-0.15, -0.1) is 0 Å². The van der Waals surface area contributed by atoms with Crippen LogP contribution in [0.25, 0.3) is 0 Å². The van der Waals surface area contributed by atoms with E-state index in [1.54, 1.807) is 0 Å². The number of hydrogen-bond acceptors (Lipinski definition) is 1. The van der Waals surface area contributed by atoms with Gasteiger partial charge in [0.1, 0.15) is 0 Å². The number of rotatable bonds is 32. The van der Waals surface area contributed by atoms with E-state index in [0.717, 1.165) is 6.42 Å². The summed E-state index contributed by atoms with van der Waals surface area (Å²) in [5, 5.41) is 0. The van der Waals surface area contributed by atoms with E-state index in [4.69, 9.17) is 0 Å². The van der Waals surface area contributed by atoms with Crippen LogP contribution in [0.4, 0.5) is 0 Å². The molecule has 0 aliphatic carbocycles. The monoisotopic (exact) mass is 518 g/mol. The number of allylic oxidation sites excluding steroid dienone is 1. The lowest BCUT2D eigenvalue weighted by Gasteiger charge is -2.03. The Labute approximate surface area is 236 Å². The minimum atomic E-state index is 1.15. The number of hydrogen-bond donors (Lipinski definition) is 0. The molecule has 220 valence electrons. The molecule has 0 spiro atoms. The van der Waals surface area contributed by atoms with Crippen LogP contribution >= 0.6 is 0 Å². The van der Waals surface area contributed by atoms with E-state index in [1.807, 2.05) is 6.20 Å². The number of aliphatic imine (C=N–C) groups is 1. The molecule has 0 radical (unpaired) electrons. The molecule has 0 saturated carbocycles. The summed E-state index contributed by atoms with van der Waals surface area (Å²) in [6, 6.07) is 0. The molecule has 0 aromatic rings. The summed E-state index contributed by atoms with van der Waals surface area (Å²) in [7, 11) is 0. The van der Waals surface area contributed by atoms with Crippen LogP contribution in [-0.2, 0) is 0 Å². The third-order valence-electron chi connectivity index (χ3n) is 7.96. The van der Waals surface area contributed by atoms with E-state index < -0.39 is 0 Å². The largest absolute Gasteiger partial charge is 0.269 e. The van der Waals surface area contributed by atoms with Crippen LogP contribution in [0.3, 0.4) is 0 Å². The zero-order valence-electron chi connectivity index (χ0n) is 26.1. The van der Waals surface area contributed by atoms with Gasteiger partial charge in [0.2, 0.25) is 0 Å². The van der Waals surface area contributed by atoms with Crippen molar-refractivity contribution in [1.29, 1.82) is 0 Å². The molecule has 0 amide bonds. The fourth-order valence-electron chi connectivity index (χ4n) is 5.33. The highest BCUT2D eigenvalue weighted by atomic mass is 14.7. The van der Waals surface area contributed by atoms with E-state index in [0.29, 0.717) is 0 Å². The molecule has 0 heterocycles. The van der Waals surface area contributed by atoms with Crippen molar-refractivity contribution in [3.05, 3.63) is 12.3 Å². The molecule has 0 aliphatic rings. The summed E-state index contributed by atoms with van der Waals surface area (Å²) in [6.45, 7) is 4.60. The van der Waals surface area contributed by atoms with Crippen LogP contribution in [0.2, 0.25) is 0 Å². The third kappa shape index (κ3) is 35.4. The first-order valence-corrected chi connectivity index (χ1v) is 17.6. The van der Waals surface area contributed by atoms with Crippen molar-refractivity contribution in [1.82, 2.24) is 0 Å². The number of nitrogens with zero attached hydrogens (tertiary/aromatic N) is 1. The second kappa shape index (κ2) is 35.4. The fraction of sp³-hybridized carbons (Fsp3) is 0.917. The molecule has 0 atom stereocenters. The summed E-state index contributed by atoms with van der Waals surface area (Å²) in [4.78, 5) is 4.47. The topological polar surface area (TPSA) is 12.4 Å². The maximum atomic E-state index is 4.47. The normalized spacial score (nSPS) is 11.9. The Bertz CT molecular complexity index is 438. The van der Waals surface area contributed by atoms with Crippen molar-refractivity contribution < 1.29 is 0 Å². The van der Waals surface area contributed by atoms with Crippen LogP contribution < -0.4 is 0 Å². The van der Waals surface area contributed by atoms with Gasteiger partial charge in [0.05, 0.1) is 0 Å². The highest BCUT2D eigenvalue weighted by molar-refractivity contribution is 5.57. The zero-order chi connectivity index (χ0) is 26.7. The lowest BCUT2D eigenvalue weighted by atomic mass is 10.0. The lowest BCUT2D eigenvalue weighted by Crippen LogP contribution is -1.84. The first kappa shape index (κ1) is 36.4. The van der Waals surface area contributed by atoms with E-state index in [1.165, 1.54) is 193 Å². The van der Waals surface area contributed by atoms with Gasteiger partial charge in [-0.2, -0.15) is 0 Å². The van der Waals surface area contributed by atoms with Crippen molar-refractivity contribution in [2.45, 2.75) is 213 Å². The van der Waals surface area contributed by atoms with Crippen LogP contribution in [0.5, 0.6) is 0 Å². The molecule has 0 rings (SSSR count). The minimum absolute atomic E-state index is 1.15. The molecule has 0 unspecified atom stereocenters. The van der Waals surface area contributed by atoms with Crippen LogP contribution in [0.1, 0.15) is 213 Å². The van der Waals surface area contributed by atoms with Gasteiger partial charge < -0.3 is 0 Å². The fourth-order valence-corrected chi connectivity index (χ4v) is 5.33. The minimum Gasteiger partial charge on any atom is -0.269 e. The Morgan fingerprint density at radius 2 is 0.595 bits per heavy atom. The van der Waals surface area contributed by atoms with Crippen molar-refractivity contribution in [2.24, 2.45) is 4.99 Å². The highest BCUT2D eigenvalue weighted by Gasteiger charge is 1.95. The van der Waals surface area contributed by atoms with Gasteiger partial charge in [-0.25, -0.2) is 0 Å². The summed E-state index contributed by atoms with van der Waals surface area (Å²) < 4.78 is 0. The van der Waals surface area contributed by atoms with Gasteiger partial charge in [-0.3, -0.25) is 4.99 Å². The Balaban J connectivity index is 3.14. The van der Waals surface area contributed by atoms with Gasteiger partial charge in [0.25, 0.3) is 0 Å². The molecule has 1 heteroatoms. The quantitative estimate of drug-likeness (QED) is 0.0621. The summed E-state index contributed by atoms with van der Waals surface area (Å²) in [6.07, 6.45) is 50.4. The summed E-state index contributed by atoms with van der Waals surface area (Å²) in [5.41, 5.74) is 0. The molecule has 0 fully saturated rings. The third-order valence-corrected chi connectivity index (χ3v) is 7.96. The average Bonchev–Trinajstić information content (AvgIpc) is 2.91. The maximum Gasteiger partial charge on any atom is 0.0223 e. The first-order valence-electron chi connectivity index (χ1n) is 17.6. The smallest absolute Gasteiger partial charge is 0.0223 e. The Hall–Kier alpha value is -0.590. The van der Waals surface area contributed by atoms with Crippen molar-refractivity contribution in [2.75, 3.05) is 0 Å². The van der Waals surface area contributed by atoms with E-state index in [2.05, 4.69) is 31.1 Å². The second-order valence-corrected chi connectivity index (χ2v) is 11.8. The van der Waals surface area contributed by atoms with Crippen LogP contribution in [-0.4, -0.2) is 6.21 Å². The summed E-state index contributed by atoms with van der Waals surface area (Å²) in [5.74, 6) is 0. The average molecular weight is 518 g/mol. The van der Waals surface area contributed by atoms with Gasteiger partial charge in [-0.05, 0) is 25.7 Å². The van der Waals surface area contributed by atoms with Crippen molar-refractivity contribution in [3.63, 3.8) is 0 Å². The molecule has 37 heavy (non-hydrogen) atoms. The Kier molecular flexibility index (Phi) is 34.8. The highest BCUT2D eigenvalue weighted by Crippen LogP contribution is 2.15. The molecule has 0 saturated heterocycles. The summed E-state index contributed by atoms with van der Waals surface area (Å²) >= 11 is 0. The molecule has 0 bridgehead atoms. The lowest BCUT2D eigenvalue weighted by molar-refractivity contribution is 0.533. The predicted molar refractivity (Wildman–Crippen MR) is 172 cm³/mol. The van der Waals surface area contributed by atoms with Crippen LogP contribution in [0, 0.1) is 0 Å². The van der Waals surface area contributed by atoms with Gasteiger partial charge in [0, 0.05) is 12.4 Å². The standard InChI is InChI=1S/C36H71N/c1-3-5-7-9-11-13-15-17-19-21-23-25-27-29-31-33-35-37-36-34-32-30-28-26-24-22-20-18-16-14-12-10-8-6-4-2/h33,35-36H,3-32,34H2,1-2H3. The maximum absolute atomic E-state index is 4.47. The number of unbranched alkanes of at least 4 members (excludes halogenated alkanes) is 29. The van der Waals surface area contributed by atoms with Gasteiger partial charge in [-0.1, -0.05) is 193 Å². The predicted octanol–water partition coefficient (Wildman–Crippen LogP) is 13.7. The van der Waals surface area contributed by atoms with E-state index >= 15 is 0 Å². The molecular weight excluding hydrogens is 446 g/mol. The second-order valence-electron chi connectivity index (χ2n) is 11.8. The molecule has 0 aromatic carbocycles. The first-order chi connectivity index (χ1) is 18.4. The molecule has 0 aromatic heterocycles. The van der Waals surface area contributed by atoms with Gasteiger partial charge >= 0.3 is 0 Å². The molecular formula is C36H71N. The van der Waals surface area contributed by atoms with E-state index in [9.17, 15) is 0 Å². The zero-order valence-corrected chi connectivity index (χ0v) is 26.1. The molecule has 0 aliphatic heterocycles. The molecule has 1 nitrogen and oxygen atoms in total. The van der Waals surface area contributed by atoms with Crippen molar-refractivity contribution >= 4 is 6.21 Å². The van der Waals surface area contributed by atoms with Gasteiger partial charge in [0.15, 0.2) is 0 Å². The van der Waals surface area contributed by atoms with E-state index in [-0.39, 0.29) is 0 Å².